The van der Waals surface area contributed by atoms with E-state index >= 15 is 0 Å². The predicted octanol–water partition coefficient (Wildman–Crippen LogP) is -0.529. The molecule has 0 aromatic rings. The molecule has 0 fully saturated rings. The number of aliphatic carboxylic acids is 2. The van der Waals surface area contributed by atoms with Crippen LogP contribution in [0.25, 0.3) is 0 Å². The summed E-state index contributed by atoms with van der Waals surface area (Å²) >= 11 is 0. The number of aliphatic hydroxyl groups excluding tert-OH is 1. The van der Waals surface area contributed by atoms with Crippen molar-refractivity contribution in [1.29, 1.82) is 0 Å². The quantitative estimate of drug-likeness (QED) is 0.216. The van der Waals surface area contributed by atoms with Crippen LogP contribution in [-0.2, 0) is 14.2 Å². The topological polar surface area (TPSA) is 173 Å². The average Bonchev–Trinajstić information content (AvgIpc) is 1.99. The Morgan fingerprint density at radius 1 is 1.00 bits per heavy atom. The second kappa shape index (κ2) is 11.4. The van der Waals surface area contributed by atoms with E-state index in [1.54, 1.807) is 0 Å². The van der Waals surface area contributed by atoms with Crippen LogP contribution in [0.15, 0.2) is 25.0 Å². The highest BCUT2D eigenvalue weighted by molar-refractivity contribution is 7.45. The maximum absolute atomic E-state index is 9.55. The minimum atomic E-state index is -4.64. The Labute approximate surface area is 89.8 Å². The van der Waals surface area contributed by atoms with Gasteiger partial charge in [0.25, 0.3) is 0 Å². The third-order valence-corrected chi connectivity index (χ3v) is 0.368. The van der Waals surface area contributed by atoms with E-state index in [1.807, 2.05) is 0 Å². The van der Waals surface area contributed by atoms with Crippen molar-refractivity contribution in [3.8, 4) is 0 Å². The summed E-state index contributed by atoms with van der Waals surface area (Å²) in [7, 11) is -4.64. The molecule has 94 valence electrons. The zero-order valence-corrected chi connectivity index (χ0v) is 8.69. The van der Waals surface area contributed by atoms with Crippen molar-refractivity contribution in [2.45, 2.75) is 0 Å². The van der Waals surface area contributed by atoms with Crippen molar-refractivity contribution in [2.24, 2.45) is 0 Å². The van der Waals surface area contributed by atoms with Crippen LogP contribution in [0, 0.1) is 0 Å². The molecule has 6 N–H and O–H groups in total. The van der Waals surface area contributed by atoms with E-state index in [0.29, 0.717) is 12.2 Å². The second-order valence-electron chi connectivity index (χ2n) is 1.71. The molecular formula is C6H11O9P. The first-order chi connectivity index (χ1) is 7.04. The van der Waals surface area contributed by atoms with Crippen molar-refractivity contribution in [3.05, 3.63) is 25.0 Å². The molecule has 10 heteroatoms. The molecule has 0 saturated heterocycles. The predicted molar refractivity (Wildman–Crippen MR) is 51.5 cm³/mol. The fourth-order valence-electron chi connectivity index (χ4n) is 0.143. The van der Waals surface area contributed by atoms with Gasteiger partial charge in [-0.25, -0.2) is 14.2 Å². The molecular weight excluding hydrogens is 247 g/mol. The van der Waals surface area contributed by atoms with Gasteiger partial charge in [-0.15, -0.1) is 0 Å². The summed E-state index contributed by atoms with van der Waals surface area (Å²) in [6.07, 6.45) is 1.87. The third kappa shape index (κ3) is 143. The van der Waals surface area contributed by atoms with Crippen LogP contribution >= 0.6 is 7.82 Å². The SMILES string of the molecule is C=CO.O=C(O)/C=C\C(=O)O.O=P(O)(O)O. The largest absolute Gasteiger partial charge is 0.516 e. The number of carboxylic acids is 2. The normalized spacial score (nSPS) is 9.19. The monoisotopic (exact) mass is 258 g/mol. The average molecular weight is 258 g/mol. The van der Waals surface area contributed by atoms with E-state index in [4.69, 9.17) is 34.6 Å². The van der Waals surface area contributed by atoms with Gasteiger partial charge in [-0.2, -0.15) is 0 Å². The van der Waals surface area contributed by atoms with Crippen LogP contribution in [0.4, 0.5) is 0 Å². The van der Waals surface area contributed by atoms with Gasteiger partial charge in [0.1, 0.15) is 0 Å². The van der Waals surface area contributed by atoms with E-state index in [9.17, 15) is 9.59 Å². The molecule has 0 unspecified atom stereocenters. The lowest BCUT2D eigenvalue weighted by atomic mass is 10.5. The lowest BCUT2D eigenvalue weighted by Crippen LogP contribution is -1.91. The minimum absolute atomic E-state index is 0.558. The fourth-order valence-corrected chi connectivity index (χ4v) is 0.143. The van der Waals surface area contributed by atoms with Crippen LogP contribution in [0.3, 0.4) is 0 Å². The molecule has 0 rings (SSSR count). The molecule has 0 radical (unpaired) electrons. The lowest BCUT2D eigenvalue weighted by molar-refractivity contribution is -0.134. The van der Waals surface area contributed by atoms with Gasteiger partial charge in [-0.3, -0.25) is 0 Å². The smallest absolute Gasteiger partial charge is 0.466 e. The summed E-state index contributed by atoms with van der Waals surface area (Å²) in [5.74, 6) is -2.51. The number of carboxylic acid groups (broad SMARTS) is 2. The van der Waals surface area contributed by atoms with Gasteiger partial charge in [0.15, 0.2) is 0 Å². The maximum Gasteiger partial charge on any atom is 0.466 e. The van der Waals surface area contributed by atoms with Crippen LogP contribution < -0.4 is 0 Å². The third-order valence-electron chi connectivity index (χ3n) is 0.368. The molecule has 9 nitrogen and oxygen atoms in total. The number of carbonyl (C=O) groups is 2. The number of hydrogen-bond acceptors (Lipinski definition) is 4. The summed E-state index contributed by atoms with van der Waals surface area (Å²) in [6.45, 7) is 2.92. The molecule has 0 aliphatic heterocycles. The Morgan fingerprint density at radius 3 is 1.19 bits per heavy atom. The molecule has 0 bridgehead atoms. The molecule has 0 aliphatic carbocycles. The van der Waals surface area contributed by atoms with Gasteiger partial charge >= 0.3 is 19.8 Å². The first-order valence-corrected chi connectivity index (χ1v) is 4.78. The lowest BCUT2D eigenvalue weighted by Gasteiger charge is -1.82. The molecule has 0 atom stereocenters. The van der Waals surface area contributed by atoms with E-state index in [1.165, 1.54) is 0 Å². The Bertz CT molecular complexity index is 264. The van der Waals surface area contributed by atoms with E-state index in [2.05, 4.69) is 6.58 Å². The molecule has 0 heterocycles. The fraction of sp³-hybridized carbons (Fsp3) is 0. The zero-order valence-electron chi connectivity index (χ0n) is 7.79. The van der Waals surface area contributed by atoms with Gasteiger partial charge in [-0.05, 0) is 0 Å². The highest BCUT2D eigenvalue weighted by Gasteiger charge is 2.00. The molecule has 0 aromatic heterocycles. The maximum atomic E-state index is 9.55. The summed E-state index contributed by atoms with van der Waals surface area (Å²) in [5, 5.41) is 23.0. The Morgan fingerprint density at radius 2 is 1.12 bits per heavy atom. The molecule has 0 aliphatic rings. The number of phosphoric acid groups is 1. The van der Waals surface area contributed by atoms with E-state index in [0.717, 1.165) is 6.26 Å². The van der Waals surface area contributed by atoms with Crippen molar-refractivity contribution in [1.82, 2.24) is 0 Å². The van der Waals surface area contributed by atoms with Crippen molar-refractivity contribution in [3.63, 3.8) is 0 Å². The summed E-state index contributed by atoms with van der Waals surface area (Å²) in [5.41, 5.74) is 0. The number of aliphatic hydroxyl groups is 1. The Balaban J connectivity index is -0.000000181. The first-order valence-electron chi connectivity index (χ1n) is 3.22. The number of rotatable bonds is 2. The molecule has 0 amide bonds. The standard InChI is InChI=1S/C4H4O4.C2H4O.H3O4P/c5-3(6)1-2-4(7)8;1-2-3;1-5(2,3)4/h1-2H,(H,5,6)(H,7,8);2-3H,1H2;(H3,1,2,3,4)/b2-1-;;. The molecule has 16 heavy (non-hydrogen) atoms. The van der Waals surface area contributed by atoms with Gasteiger partial charge < -0.3 is 30.0 Å². The van der Waals surface area contributed by atoms with Crippen molar-refractivity contribution < 1.29 is 44.2 Å². The van der Waals surface area contributed by atoms with Crippen LogP contribution in [0.2, 0.25) is 0 Å². The second-order valence-corrected chi connectivity index (χ2v) is 2.73. The molecule has 0 spiro atoms. The first kappa shape index (κ1) is 19.8. The zero-order chi connectivity index (χ0) is 13.8. The minimum Gasteiger partial charge on any atom is -0.516 e. The Kier molecular flexibility index (Phi) is 14.1. The van der Waals surface area contributed by atoms with Crippen LogP contribution in [0.5, 0.6) is 0 Å². The van der Waals surface area contributed by atoms with Gasteiger partial charge in [0, 0.05) is 12.2 Å². The van der Waals surface area contributed by atoms with E-state index < -0.39 is 19.8 Å². The van der Waals surface area contributed by atoms with Gasteiger partial charge in [0.2, 0.25) is 0 Å². The van der Waals surface area contributed by atoms with Gasteiger partial charge in [0.05, 0.1) is 6.26 Å². The van der Waals surface area contributed by atoms with E-state index in [-0.39, 0.29) is 0 Å². The van der Waals surface area contributed by atoms with Crippen LogP contribution in [-0.4, -0.2) is 41.9 Å². The highest BCUT2D eigenvalue weighted by Crippen LogP contribution is 2.25. The Hall–Kier alpha value is -1.67. The van der Waals surface area contributed by atoms with Crippen molar-refractivity contribution >= 4 is 19.8 Å². The highest BCUT2D eigenvalue weighted by atomic mass is 31.2. The molecule has 0 saturated carbocycles. The van der Waals surface area contributed by atoms with Crippen LogP contribution in [0.1, 0.15) is 0 Å². The molecule has 0 aromatic carbocycles. The van der Waals surface area contributed by atoms with Crippen molar-refractivity contribution in [2.75, 3.05) is 0 Å². The summed E-state index contributed by atoms with van der Waals surface area (Å²) < 4.78 is 8.88. The summed E-state index contributed by atoms with van der Waals surface area (Å²) in [6, 6.07) is 0. The number of hydrogen-bond donors (Lipinski definition) is 6. The van der Waals surface area contributed by atoms with Gasteiger partial charge in [-0.1, -0.05) is 6.58 Å². The summed E-state index contributed by atoms with van der Waals surface area (Å²) in [4.78, 5) is 40.7.